The number of benzene rings is 1. The maximum Gasteiger partial charge on any atom is 0.256 e. The number of nitrogens with one attached hydrogen (secondary N) is 2. The van der Waals surface area contributed by atoms with Gasteiger partial charge in [-0.05, 0) is 25.1 Å². The Hall–Kier alpha value is -0.970. The van der Waals surface area contributed by atoms with Gasteiger partial charge in [0.15, 0.2) is 0 Å². The van der Waals surface area contributed by atoms with Crippen LogP contribution in [0, 0.1) is 0 Å². The second-order valence-electron chi connectivity index (χ2n) is 5.64. The maximum absolute atomic E-state index is 12.6. The van der Waals surface area contributed by atoms with Gasteiger partial charge >= 0.3 is 0 Å². The summed E-state index contributed by atoms with van der Waals surface area (Å²) in [4.78, 5) is 14.9. The van der Waals surface area contributed by atoms with Gasteiger partial charge in [-0.1, -0.05) is 36.5 Å². The molecule has 1 saturated heterocycles. The molecule has 1 aromatic carbocycles. The van der Waals surface area contributed by atoms with Crippen molar-refractivity contribution < 1.29 is 4.79 Å². The lowest BCUT2D eigenvalue weighted by Gasteiger charge is -2.48. The van der Waals surface area contributed by atoms with E-state index >= 15 is 0 Å². The number of amides is 1. The van der Waals surface area contributed by atoms with Crippen molar-refractivity contribution in [2.45, 2.75) is 31.8 Å². The highest BCUT2D eigenvalue weighted by Crippen LogP contribution is 2.41. The zero-order valence-electron chi connectivity index (χ0n) is 12.0. The molecule has 2 aliphatic heterocycles. The van der Waals surface area contributed by atoms with Gasteiger partial charge < -0.3 is 15.5 Å². The topological polar surface area (TPSA) is 44.4 Å². The Morgan fingerprint density at radius 1 is 1.33 bits per heavy atom. The van der Waals surface area contributed by atoms with Crippen molar-refractivity contribution in [1.29, 1.82) is 0 Å². The minimum absolute atomic E-state index is 0.121. The summed E-state index contributed by atoms with van der Waals surface area (Å²) in [6.45, 7) is 4.77. The number of hydrogen-bond acceptors (Lipinski definition) is 3. The van der Waals surface area contributed by atoms with Crippen molar-refractivity contribution in [2.75, 3.05) is 24.5 Å². The molecule has 0 saturated carbocycles. The van der Waals surface area contributed by atoms with Gasteiger partial charge in [0.1, 0.15) is 5.66 Å². The molecule has 0 bridgehead atoms. The van der Waals surface area contributed by atoms with Gasteiger partial charge in [-0.15, -0.1) is 0 Å². The molecule has 1 atom stereocenters. The molecule has 0 unspecified atom stereocenters. The number of anilines is 1. The first-order valence-electron chi connectivity index (χ1n) is 7.38. The van der Waals surface area contributed by atoms with E-state index in [4.69, 9.17) is 23.2 Å². The second kappa shape index (κ2) is 5.67. The molecule has 0 aromatic heterocycles. The summed E-state index contributed by atoms with van der Waals surface area (Å²) in [6.07, 6.45) is 2.81. The first-order valence-corrected chi connectivity index (χ1v) is 8.13. The Kier molecular flexibility index (Phi) is 4.04. The fourth-order valence-corrected chi connectivity index (χ4v) is 3.84. The van der Waals surface area contributed by atoms with Crippen molar-refractivity contribution in [3.8, 4) is 0 Å². The van der Waals surface area contributed by atoms with Crippen molar-refractivity contribution in [2.24, 2.45) is 0 Å². The minimum Gasteiger partial charge on any atom is -0.347 e. The fourth-order valence-electron chi connectivity index (χ4n) is 3.43. The number of carbonyl (C=O) groups excluding carboxylic acids is 1. The van der Waals surface area contributed by atoms with Gasteiger partial charge in [-0.25, -0.2) is 0 Å². The fraction of sp³-hybridized carbons (Fsp3) is 0.533. The molecule has 0 aliphatic carbocycles. The molecule has 1 amide bonds. The van der Waals surface area contributed by atoms with Crippen LogP contribution >= 0.6 is 23.2 Å². The summed E-state index contributed by atoms with van der Waals surface area (Å²) in [7, 11) is 0. The molecule has 2 heterocycles. The molecule has 0 spiro atoms. The molecule has 114 valence electrons. The van der Waals surface area contributed by atoms with E-state index < -0.39 is 0 Å². The SMILES string of the molecule is CCC[C@]12CCNCCN1c1ccc(Cl)c(Cl)c1C(=O)N2. The smallest absolute Gasteiger partial charge is 0.256 e. The van der Waals surface area contributed by atoms with Gasteiger partial charge in [0.05, 0.1) is 21.3 Å². The molecule has 2 N–H and O–H groups in total. The molecule has 3 rings (SSSR count). The van der Waals surface area contributed by atoms with Gasteiger partial charge in [0.2, 0.25) is 0 Å². The van der Waals surface area contributed by atoms with Crippen LogP contribution < -0.4 is 15.5 Å². The largest absolute Gasteiger partial charge is 0.347 e. The van der Waals surface area contributed by atoms with Gasteiger partial charge in [-0.2, -0.15) is 0 Å². The normalized spacial score (nSPS) is 24.9. The average molecular weight is 328 g/mol. The number of hydrogen-bond donors (Lipinski definition) is 2. The lowest BCUT2D eigenvalue weighted by molar-refractivity contribution is 0.0869. The molecule has 21 heavy (non-hydrogen) atoms. The Morgan fingerprint density at radius 2 is 2.14 bits per heavy atom. The standard InChI is InChI=1S/C15H19Cl2N3O/c1-2-5-15-6-7-18-8-9-20(15)11-4-3-10(16)13(17)12(11)14(21)19-15/h3-4,18H,2,5-9H2,1H3,(H,19,21)/t15-/m1/s1. The highest BCUT2D eigenvalue weighted by Gasteiger charge is 2.44. The van der Waals surface area contributed by atoms with Crippen LogP contribution in [0.15, 0.2) is 12.1 Å². The summed E-state index contributed by atoms with van der Waals surface area (Å²) in [5, 5.41) is 7.37. The Balaban J connectivity index is 2.15. The van der Waals surface area contributed by atoms with Crippen molar-refractivity contribution >= 4 is 34.8 Å². The summed E-state index contributed by atoms with van der Waals surface area (Å²) in [6, 6.07) is 3.69. The third kappa shape index (κ3) is 2.39. The van der Waals surface area contributed by atoms with E-state index in [1.807, 2.05) is 6.07 Å². The van der Waals surface area contributed by atoms with Crippen LogP contribution in [0.1, 0.15) is 36.5 Å². The van der Waals surface area contributed by atoms with E-state index in [1.54, 1.807) is 6.07 Å². The Morgan fingerprint density at radius 3 is 2.90 bits per heavy atom. The number of carbonyl (C=O) groups is 1. The van der Waals surface area contributed by atoms with Crippen LogP contribution in [-0.4, -0.2) is 31.2 Å². The predicted molar refractivity (Wildman–Crippen MR) is 86.4 cm³/mol. The van der Waals surface area contributed by atoms with Crippen LogP contribution in [0.4, 0.5) is 5.69 Å². The van der Waals surface area contributed by atoms with E-state index in [1.165, 1.54) is 0 Å². The minimum atomic E-state index is -0.320. The number of halogens is 2. The predicted octanol–water partition coefficient (Wildman–Crippen LogP) is 3.03. The third-order valence-corrected chi connectivity index (χ3v) is 5.15. The van der Waals surface area contributed by atoms with Gasteiger partial charge in [0, 0.05) is 19.5 Å². The van der Waals surface area contributed by atoms with E-state index in [9.17, 15) is 4.79 Å². The van der Waals surface area contributed by atoms with Crippen molar-refractivity contribution in [3.05, 3.63) is 27.7 Å². The van der Waals surface area contributed by atoms with Gasteiger partial charge in [-0.3, -0.25) is 4.79 Å². The molecular formula is C15H19Cl2N3O. The summed E-state index contributed by atoms with van der Waals surface area (Å²) in [5.74, 6) is -0.121. The molecule has 2 aliphatic rings. The lowest BCUT2D eigenvalue weighted by atomic mass is 9.92. The van der Waals surface area contributed by atoms with E-state index in [0.29, 0.717) is 15.6 Å². The molecular weight excluding hydrogens is 309 g/mol. The van der Waals surface area contributed by atoms with Crippen LogP contribution in [0.3, 0.4) is 0 Å². The van der Waals surface area contributed by atoms with Crippen molar-refractivity contribution in [1.82, 2.24) is 10.6 Å². The summed E-state index contributed by atoms with van der Waals surface area (Å²) < 4.78 is 0. The molecule has 1 aromatic rings. The highest BCUT2D eigenvalue weighted by molar-refractivity contribution is 6.44. The first kappa shape index (κ1) is 14.9. The Labute approximate surface area is 134 Å². The zero-order valence-corrected chi connectivity index (χ0v) is 13.5. The zero-order chi connectivity index (χ0) is 15.0. The Bertz CT molecular complexity index is 578. The quantitative estimate of drug-likeness (QED) is 0.877. The number of fused-ring (bicyclic) bond motifs is 3. The lowest BCUT2D eigenvalue weighted by Crippen LogP contribution is -2.64. The van der Waals surface area contributed by atoms with E-state index in [2.05, 4.69) is 22.5 Å². The molecule has 4 nitrogen and oxygen atoms in total. The van der Waals surface area contributed by atoms with Crippen LogP contribution in [0.2, 0.25) is 10.0 Å². The highest BCUT2D eigenvalue weighted by atomic mass is 35.5. The van der Waals surface area contributed by atoms with Crippen LogP contribution in [-0.2, 0) is 0 Å². The first-order chi connectivity index (χ1) is 10.1. The third-order valence-electron chi connectivity index (χ3n) is 4.34. The average Bonchev–Trinajstić information content (AvgIpc) is 2.65. The summed E-state index contributed by atoms with van der Waals surface area (Å²) in [5.41, 5.74) is 1.07. The van der Waals surface area contributed by atoms with Crippen molar-refractivity contribution in [3.63, 3.8) is 0 Å². The monoisotopic (exact) mass is 327 g/mol. The number of rotatable bonds is 2. The number of nitrogens with zero attached hydrogens (tertiary/aromatic N) is 1. The van der Waals surface area contributed by atoms with Gasteiger partial charge in [0.25, 0.3) is 5.91 Å². The van der Waals surface area contributed by atoms with Crippen LogP contribution in [0.25, 0.3) is 0 Å². The maximum atomic E-state index is 12.6. The molecule has 0 radical (unpaired) electrons. The second-order valence-corrected chi connectivity index (χ2v) is 6.43. The molecule has 1 fully saturated rings. The van der Waals surface area contributed by atoms with Crippen LogP contribution in [0.5, 0.6) is 0 Å². The van der Waals surface area contributed by atoms with E-state index in [0.717, 1.165) is 44.6 Å². The molecule has 6 heteroatoms. The summed E-state index contributed by atoms with van der Waals surface area (Å²) >= 11 is 12.3. The van der Waals surface area contributed by atoms with E-state index in [-0.39, 0.29) is 11.6 Å².